The van der Waals surface area contributed by atoms with E-state index in [1.807, 2.05) is 80.7 Å². The van der Waals surface area contributed by atoms with E-state index in [9.17, 15) is 9.59 Å². The number of amides is 2. The lowest BCUT2D eigenvalue weighted by atomic mass is 9.90. The Balaban J connectivity index is 1.56. The van der Waals surface area contributed by atoms with Crippen molar-refractivity contribution < 1.29 is 9.59 Å². The van der Waals surface area contributed by atoms with Crippen molar-refractivity contribution in [2.24, 2.45) is 0 Å². The number of H-pyrrole nitrogens is 1. The van der Waals surface area contributed by atoms with Crippen molar-refractivity contribution >= 4 is 46.1 Å². The molecule has 0 saturated carbocycles. The quantitative estimate of drug-likeness (QED) is 0.244. The number of halogens is 1. The number of aromatic amines is 1. The summed E-state index contributed by atoms with van der Waals surface area (Å²) in [7, 11) is 0. The Labute approximate surface area is 214 Å². The molecule has 3 aromatic carbocycles. The second-order valence-electron chi connectivity index (χ2n) is 8.58. The highest BCUT2D eigenvalue weighted by Gasteiger charge is 2.22. The van der Waals surface area contributed by atoms with Gasteiger partial charge in [0.15, 0.2) is 0 Å². The second-order valence-corrected chi connectivity index (χ2v) is 10.0. The predicted molar refractivity (Wildman–Crippen MR) is 144 cm³/mol. The van der Waals surface area contributed by atoms with Crippen molar-refractivity contribution in [2.45, 2.75) is 30.7 Å². The van der Waals surface area contributed by atoms with Crippen LogP contribution in [0.25, 0.3) is 10.9 Å². The summed E-state index contributed by atoms with van der Waals surface area (Å²) in [6.45, 7) is 4.22. The number of hydrogen-bond acceptors (Lipinski definition) is 3. The Morgan fingerprint density at radius 3 is 2.46 bits per heavy atom. The molecule has 3 N–H and O–H groups in total. The molecular weight excluding hydrogens is 478 g/mol. The van der Waals surface area contributed by atoms with Crippen molar-refractivity contribution in [2.75, 3.05) is 12.3 Å². The predicted octanol–water partition coefficient (Wildman–Crippen LogP) is 6.00. The minimum Gasteiger partial charge on any atom is -0.361 e. The average molecular weight is 506 g/mol. The first kappa shape index (κ1) is 24.9. The molecule has 0 bridgehead atoms. The maximum absolute atomic E-state index is 13.3. The summed E-state index contributed by atoms with van der Waals surface area (Å²) in [5, 5.41) is 7.74. The molecule has 0 aliphatic carbocycles. The van der Waals surface area contributed by atoms with Gasteiger partial charge in [0.05, 0.1) is 11.3 Å². The van der Waals surface area contributed by atoms with E-state index in [0.29, 0.717) is 17.1 Å². The van der Waals surface area contributed by atoms with Crippen LogP contribution < -0.4 is 10.6 Å². The highest BCUT2D eigenvalue weighted by atomic mass is 35.5. The lowest BCUT2D eigenvalue weighted by molar-refractivity contribution is -0.119. The molecule has 5 nitrogen and oxygen atoms in total. The Morgan fingerprint density at radius 2 is 1.66 bits per heavy atom. The fourth-order valence-corrected chi connectivity index (χ4v) is 5.23. The summed E-state index contributed by atoms with van der Waals surface area (Å²) in [6, 6.07) is 23.3. The lowest BCUT2D eigenvalue weighted by Crippen LogP contribution is -2.31. The first-order valence-corrected chi connectivity index (χ1v) is 12.9. The Morgan fingerprint density at radius 1 is 0.943 bits per heavy atom. The molecular formula is C28H28ClN3O2S. The van der Waals surface area contributed by atoms with Crippen LogP contribution >= 0.6 is 23.4 Å². The number of hydrogen-bond donors (Lipinski definition) is 3. The van der Waals surface area contributed by atoms with Crippen LogP contribution in [0.15, 0.2) is 83.9 Å². The summed E-state index contributed by atoms with van der Waals surface area (Å²) in [5.41, 5.74) is 3.60. The Bertz CT molecular complexity index is 1330. The van der Waals surface area contributed by atoms with Crippen molar-refractivity contribution in [1.29, 1.82) is 0 Å². The molecule has 0 fully saturated rings. The van der Waals surface area contributed by atoms with Gasteiger partial charge in [-0.3, -0.25) is 9.59 Å². The molecule has 180 valence electrons. The molecule has 1 atom stereocenters. The SMILES string of the molecule is CC(C)NC(=O)CSc1ccccc1C(=O)NC[C@@H](c1ccccc1Cl)c1c[nH]c2ccccc12. The number of fused-ring (bicyclic) bond motifs is 1. The summed E-state index contributed by atoms with van der Waals surface area (Å²) in [4.78, 5) is 29.5. The maximum atomic E-state index is 13.3. The lowest BCUT2D eigenvalue weighted by Gasteiger charge is -2.20. The zero-order valence-corrected chi connectivity index (χ0v) is 21.2. The third-order valence-corrected chi connectivity index (χ3v) is 7.10. The molecule has 0 radical (unpaired) electrons. The molecule has 2 amide bonds. The molecule has 4 aromatic rings. The highest BCUT2D eigenvalue weighted by molar-refractivity contribution is 8.00. The first-order valence-electron chi connectivity index (χ1n) is 11.5. The molecule has 35 heavy (non-hydrogen) atoms. The Hall–Kier alpha value is -3.22. The highest BCUT2D eigenvalue weighted by Crippen LogP contribution is 2.34. The molecule has 4 rings (SSSR count). The number of nitrogens with one attached hydrogen (secondary N) is 3. The summed E-state index contributed by atoms with van der Waals surface area (Å²) < 4.78 is 0. The molecule has 0 unspecified atom stereocenters. The standard InChI is InChI=1S/C28H28ClN3O2S/c1-18(2)32-27(33)17-35-26-14-8-5-11-21(26)28(34)31-16-22(19-9-3-6-12-24(19)29)23-15-30-25-13-7-4-10-20(23)25/h3-15,18,22,30H,16-17H2,1-2H3,(H,31,34)(H,32,33)/t22-/m0/s1. The Kier molecular flexibility index (Phi) is 8.16. The van der Waals surface area contributed by atoms with Gasteiger partial charge >= 0.3 is 0 Å². The first-order chi connectivity index (χ1) is 16.9. The van der Waals surface area contributed by atoms with Gasteiger partial charge in [-0.25, -0.2) is 0 Å². The van der Waals surface area contributed by atoms with Crippen LogP contribution in [0.4, 0.5) is 0 Å². The number of carbonyl (C=O) groups is 2. The minimum absolute atomic E-state index is 0.0571. The van der Waals surface area contributed by atoms with Crippen LogP contribution in [-0.4, -0.2) is 35.1 Å². The van der Waals surface area contributed by atoms with Crippen LogP contribution in [0.3, 0.4) is 0 Å². The van der Waals surface area contributed by atoms with Crippen molar-refractivity contribution in [1.82, 2.24) is 15.6 Å². The van der Waals surface area contributed by atoms with Gasteiger partial charge in [-0.2, -0.15) is 0 Å². The molecule has 0 spiro atoms. The van der Waals surface area contributed by atoms with E-state index < -0.39 is 0 Å². The molecule has 0 aliphatic heterocycles. The van der Waals surface area contributed by atoms with Crippen LogP contribution in [0.2, 0.25) is 5.02 Å². The van der Waals surface area contributed by atoms with Crippen LogP contribution in [-0.2, 0) is 4.79 Å². The van der Waals surface area contributed by atoms with Gasteiger partial charge in [-0.1, -0.05) is 60.1 Å². The zero-order valence-electron chi connectivity index (χ0n) is 19.7. The van der Waals surface area contributed by atoms with Crippen LogP contribution in [0.5, 0.6) is 0 Å². The monoisotopic (exact) mass is 505 g/mol. The smallest absolute Gasteiger partial charge is 0.252 e. The number of para-hydroxylation sites is 1. The third-order valence-electron chi connectivity index (χ3n) is 5.68. The summed E-state index contributed by atoms with van der Waals surface area (Å²) in [6.07, 6.45) is 1.99. The number of carbonyl (C=O) groups excluding carboxylic acids is 2. The number of aromatic nitrogens is 1. The fourth-order valence-electron chi connectivity index (χ4n) is 4.10. The van der Waals surface area contributed by atoms with Gasteiger partial charge in [-0.05, 0) is 49.2 Å². The largest absolute Gasteiger partial charge is 0.361 e. The topological polar surface area (TPSA) is 74.0 Å². The normalized spacial score (nSPS) is 12.0. The van der Waals surface area contributed by atoms with E-state index >= 15 is 0 Å². The van der Waals surface area contributed by atoms with Crippen molar-refractivity contribution in [3.63, 3.8) is 0 Å². The number of benzene rings is 3. The third kappa shape index (κ3) is 6.08. The second kappa shape index (κ2) is 11.5. The van der Waals surface area contributed by atoms with E-state index in [4.69, 9.17) is 11.6 Å². The van der Waals surface area contributed by atoms with E-state index in [0.717, 1.165) is 26.9 Å². The van der Waals surface area contributed by atoms with Crippen LogP contribution in [0.1, 0.15) is 41.3 Å². The summed E-state index contributed by atoms with van der Waals surface area (Å²) in [5.74, 6) is -0.131. The molecule has 0 saturated heterocycles. The number of rotatable bonds is 9. The van der Waals surface area contributed by atoms with E-state index in [-0.39, 0.29) is 29.5 Å². The fraction of sp³-hybridized carbons (Fsp3) is 0.214. The minimum atomic E-state index is -0.186. The molecule has 1 aromatic heterocycles. The van der Waals surface area contributed by atoms with E-state index in [1.165, 1.54) is 11.8 Å². The number of thioether (sulfide) groups is 1. The van der Waals surface area contributed by atoms with E-state index in [2.05, 4.69) is 21.7 Å². The van der Waals surface area contributed by atoms with Crippen molar-refractivity contribution in [3.05, 3.63) is 101 Å². The van der Waals surface area contributed by atoms with Gasteiger partial charge in [0.2, 0.25) is 5.91 Å². The maximum Gasteiger partial charge on any atom is 0.252 e. The molecule has 7 heteroatoms. The van der Waals surface area contributed by atoms with Crippen LogP contribution in [0, 0.1) is 0 Å². The van der Waals surface area contributed by atoms with Gasteiger partial charge in [0, 0.05) is 45.5 Å². The molecule has 0 aliphatic rings. The van der Waals surface area contributed by atoms with Gasteiger partial charge in [0.25, 0.3) is 5.91 Å². The van der Waals surface area contributed by atoms with Gasteiger partial charge in [-0.15, -0.1) is 11.8 Å². The van der Waals surface area contributed by atoms with Gasteiger partial charge < -0.3 is 15.6 Å². The molecule has 1 heterocycles. The zero-order chi connectivity index (χ0) is 24.8. The van der Waals surface area contributed by atoms with Crippen molar-refractivity contribution in [3.8, 4) is 0 Å². The summed E-state index contributed by atoms with van der Waals surface area (Å²) >= 11 is 7.95. The average Bonchev–Trinajstić information content (AvgIpc) is 3.27. The van der Waals surface area contributed by atoms with E-state index in [1.54, 1.807) is 6.07 Å². The van der Waals surface area contributed by atoms with Gasteiger partial charge in [0.1, 0.15) is 0 Å².